The van der Waals surface area contributed by atoms with Crippen LogP contribution in [-0.4, -0.2) is 10.2 Å². The topological polar surface area (TPSA) is 40.5 Å². The third-order valence-electron chi connectivity index (χ3n) is 1.33. The van der Waals surface area contributed by atoms with Crippen LogP contribution in [0.3, 0.4) is 0 Å². The van der Waals surface area contributed by atoms with Gasteiger partial charge in [-0.25, -0.2) is 0 Å². The van der Waals surface area contributed by atoms with E-state index in [0.29, 0.717) is 13.3 Å². The van der Waals surface area contributed by atoms with Crippen molar-refractivity contribution in [2.75, 3.05) is 0 Å². The summed E-state index contributed by atoms with van der Waals surface area (Å²) in [6.07, 6.45) is 0.605. The summed E-state index contributed by atoms with van der Waals surface area (Å²) in [5.41, 5.74) is 0.871. The lowest BCUT2D eigenvalue weighted by Gasteiger charge is -1.98. The first-order valence-corrected chi connectivity index (χ1v) is 3.04. The van der Waals surface area contributed by atoms with Gasteiger partial charge in [-0.05, 0) is 24.1 Å². The van der Waals surface area contributed by atoms with Gasteiger partial charge >= 0.3 is 0 Å². The molecule has 1 rings (SSSR count). The predicted octanol–water partition coefficient (Wildman–Crippen LogP) is 1.66. The number of benzene rings is 1. The zero-order valence-electron chi connectivity index (χ0n) is 6.54. The van der Waals surface area contributed by atoms with Crippen LogP contribution in [0.5, 0.6) is 11.5 Å². The minimum Gasteiger partial charge on any atom is -0.504 e. The molecule has 1 aromatic carbocycles. The van der Waals surface area contributed by atoms with Crippen LogP contribution >= 0.6 is 0 Å². The molecule has 0 spiro atoms. The standard InChI is InChI=1S/C8H10O2/c1-2-6-3-4-7(9)8(10)5-6/h3-5,9-10H,2H2,1H3/i1T. The number of hydrogen-bond donors (Lipinski definition) is 2. The van der Waals surface area contributed by atoms with E-state index in [4.69, 9.17) is 11.6 Å². The van der Waals surface area contributed by atoms with Crippen molar-refractivity contribution in [2.45, 2.75) is 13.3 Å². The summed E-state index contributed by atoms with van der Waals surface area (Å²) in [6, 6.07) is 4.60. The second-order valence-electron chi connectivity index (χ2n) is 2.07. The zero-order chi connectivity index (χ0) is 8.27. The van der Waals surface area contributed by atoms with Crippen LogP contribution < -0.4 is 0 Å². The molecular formula is C8H10O2. The molecule has 0 radical (unpaired) electrons. The number of hydrogen-bond acceptors (Lipinski definition) is 2. The van der Waals surface area contributed by atoms with Crippen LogP contribution in [0.1, 0.15) is 13.8 Å². The van der Waals surface area contributed by atoms with E-state index in [-0.39, 0.29) is 11.5 Å². The van der Waals surface area contributed by atoms with Gasteiger partial charge in [0, 0.05) is 1.37 Å². The molecule has 10 heavy (non-hydrogen) atoms. The van der Waals surface area contributed by atoms with Crippen molar-refractivity contribution < 1.29 is 11.6 Å². The lowest BCUT2D eigenvalue weighted by atomic mass is 10.1. The molecule has 0 amide bonds. The number of rotatable bonds is 1. The molecule has 0 saturated carbocycles. The summed E-state index contributed by atoms with van der Waals surface area (Å²) in [7, 11) is 0. The van der Waals surface area contributed by atoms with Gasteiger partial charge in [-0.1, -0.05) is 13.0 Å². The Balaban J connectivity index is 2.86. The quantitative estimate of drug-likeness (QED) is 0.582. The molecule has 0 heterocycles. The van der Waals surface area contributed by atoms with Crippen molar-refractivity contribution in [1.29, 1.82) is 0 Å². The normalized spacial score (nSPS) is 11.0. The van der Waals surface area contributed by atoms with E-state index < -0.39 is 0 Å². The fourth-order valence-electron chi connectivity index (χ4n) is 0.725. The summed E-state index contributed by atoms with van der Waals surface area (Å²) in [5.74, 6) is -0.227. The van der Waals surface area contributed by atoms with Crippen LogP contribution in [0.15, 0.2) is 18.2 Å². The van der Waals surface area contributed by atoms with Gasteiger partial charge in [0.1, 0.15) is 0 Å². The lowest BCUT2D eigenvalue weighted by molar-refractivity contribution is 0.403. The average molecular weight is 140 g/mol. The largest absolute Gasteiger partial charge is 0.504 e. The van der Waals surface area contributed by atoms with Crippen LogP contribution in [0.2, 0.25) is 0 Å². The molecule has 54 valence electrons. The van der Waals surface area contributed by atoms with Crippen LogP contribution in [0.25, 0.3) is 0 Å². The summed E-state index contributed by atoms with van der Waals surface area (Å²) in [6.45, 7) is 0.296. The summed E-state index contributed by atoms with van der Waals surface area (Å²) in [4.78, 5) is 0. The molecule has 2 N–H and O–H groups in total. The molecule has 1 aromatic rings. The van der Waals surface area contributed by atoms with Gasteiger partial charge in [-0.3, -0.25) is 0 Å². The highest BCUT2D eigenvalue weighted by Crippen LogP contribution is 2.24. The van der Waals surface area contributed by atoms with E-state index in [1.54, 1.807) is 6.07 Å². The Hall–Kier alpha value is -1.18. The number of aryl methyl sites for hydroxylation is 1. The maximum absolute atomic E-state index is 9.02. The molecule has 0 fully saturated rings. The van der Waals surface area contributed by atoms with Gasteiger partial charge < -0.3 is 10.2 Å². The van der Waals surface area contributed by atoms with Gasteiger partial charge in [0.15, 0.2) is 11.5 Å². The molecule has 0 bridgehead atoms. The van der Waals surface area contributed by atoms with Crippen molar-refractivity contribution in [2.24, 2.45) is 0 Å². The Morgan fingerprint density at radius 2 is 2.20 bits per heavy atom. The Morgan fingerprint density at radius 1 is 1.40 bits per heavy atom. The van der Waals surface area contributed by atoms with Gasteiger partial charge in [0.25, 0.3) is 0 Å². The molecular weight excluding hydrogens is 128 g/mol. The monoisotopic (exact) mass is 140 g/mol. The molecule has 0 atom stereocenters. The first-order chi connectivity index (χ1) is 5.24. The smallest absolute Gasteiger partial charge is 0.157 e. The average Bonchev–Trinajstić information content (AvgIpc) is 1.98. The molecule has 0 unspecified atom stereocenters. The summed E-state index contributed by atoms with van der Waals surface area (Å²) < 4.78 is 6.92. The third-order valence-corrected chi connectivity index (χ3v) is 1.33. The fraction of sp³-hybridized carbons (Fsp3) is 0.250. The van der Waals surface area contributed by atoms with Crippen molar-refractivity contribution >= 4 is 0 Å². The van der Waals surface area contributed by atoms with Crippen molar-refractivity contribution in [3.63, 3.8) is 0 Å². The number of phenols is 2. The predicted molar refractivity (Wildman–Crippen MR) is 39.1 cm³/mol. The van der Waals surface area contributed by atoms with E-state index in [2.05, 4.69) is 0 Å². The summed E-state index contributed by atoms with van der Waals surface area (Å²) >= 11 is 0. The maximum Gasteiger partial charge on any atom is 0.157 e. The van der Waals surface area contributed by atoms with Crippen molar-refractivity contribution in [3.8, 4) is 11.5 Å². The molecule has 0 aliphatic heterocycles. The maximum atomic E-state index is 9.02. The highest BCUT2D eigenvalue weighted by molar-refractivity contribution is 5.40. The second kappa shape index (κ2) is 2.60. The Labute approximate surface area is 61.2 Å². The first kappa shape index (κ1) is 5.59. The van der Waals surface area contributed by atoms with Crippen molar-refractivity contribution in [3.05, 3.63) is 23.8 Å². The number of phenolic OH excluding ortho intramolecular Hbond substituents is 2. The van der Waals surface area contributed by atoms with Crippen LogP contribution in [0.4, 0.5) is 0 Å². The Morgan fingerprint density at radius 3 is 2.80 bits per heavy atom. The Kier molecular flexibility index (Phi) is 1.46. The van der Waals surface area contributed by atoms with Crippen molar-refractivity contribution in [1.82, 2.24) is 0 Å². The van der Waals surface area contributed by atoms with Crippen LogP contribution in [-0.2, 0) is 6.42 Å². The highest BCUT2D eigenvalue weighted by atomic mass is 16.3. The SMILES string of the molecule is [3H]CCc1ccc(O)c(O)c1. The molecule has 0 saturated heterocycles. The number of aromatic hydroxyl groups is 2. The molecule has 0 aromatic heterocycles. The lowest BCUT2D eigenvalue weighted by Crippen LogP contribution is -1.77. The van der Waals surface area contributed by atoms with E-state index >= 15 is 0 Å². The van der Waals surface area contributed by atoms with Gasteiger partial charge in [0.05, 0.1) is 0 Å². The van der Waals surface area contributed by atoms with E-state index in [1.165, 1.54) is 12.1 Å². The van der Waals surface area contributed by atoms with E-state index in [0.717, 1.165) is 5.56 Å². The fourth-order valence-corrected chi connectivity index (χ4v) is 0.725. The molecule has 2 nitrogen and oxygen atoms in total. The van der Waals surface area contributed by atoms with E-state index in [9.17, 15) is 0 Å². The zero-order valence-corrected chi connectivity index (χ0v) is 5.54. The minimum atomic E-state index is -0.115. The highest BCUT2D eigenvalue weighted by Gasteiger charge is 1.97. The van der Waals surface area contributed by atoms with E-state index in [1.807, 2.05) is 0 Å². The first-order valence-electron chi connectivity index (χ1n) is 3.75. The third kappa shape index (κ3) is 1.21. The molecule has 2 heteroatoms. The van der Waals surface area contributed by atoms with Gasteiger partial charge in [0.2, 0.25) is 0 Å². The molecule has 0 aliphatic rings. The second-order valence-corrected chi connectivity index (χ2v) is 2.07. The van der Waals surface area contributed by atoms with Gasteiger partial charge in [-0.15, -0.1) is 0 Å². The van der Waals surface area contributed by atoms with Gasteiger partial charge in [-0.2, -0.15) is 0 Å². The molecule has 0 aliphatic carbocycles. The van der Waals surface area contributed by atoms with Crippen LogP contribution in [0, 0.1) is 0 Å². The summed E-state index contributed by atoms with van der Waals surface area (Å²) in [5, 5.41) is 17.9. The minimum absolute atomic E-state index is 0.112. The Bertz CT molecular complexity index is 248.